The zero-order chi connectivity index (χ0) is 14.4. The third kappa shape index (κ3) is 3.35. The molecule has 0 spiro atoms. The molecular formula is C16H18N2O2. The molecule has 1 amide bonds. The maximum absolute atomic E-state index is 12.2. The fourth-order valence-corrected chi connectivity index (χ4v) is 1.92. The Hall–Kier alpha value is -2.36. The van der Waals surface area contributed by atoms with Crippen molar-refractivity contribution in [2.24, 2.45) is 0 Å². The van der Waals surface area contributed by atoms with E-state index in [1.807, 2.05) is 36.4 Å². The summed E-state index contributed by atoms with van der Waals surface area (Å²) in [4.78, 5) is 16.4. The molecule has 104 valence electrons. The van der Waals surface area contributed by atoms with Gasteiger partial charge in [0.25, 0.3) is 5.91 Å². The second-order valence-electron chi connectivity index (χ2n) is 4.39. The molecule has 2 rings (SSSR count). The van der Waals surface area contributed by atoms with Crippen LogP contribution in [-0.4, -0.2) is 18.0 Å². The number of aryl methyl sites for hydroxylation is 1. The number of carbonyl (C=O) groups excluding carboxylic acids is 1. The van der Waals surface area contributed by atoms with Gasteiger partial charge in [-0.15, -0.1) is 0 Å². The van der Waals surface area contributed by atoms with Gasteiger partial charge in [0, 0.05) is 6.20 Å². The summed E-state index contributed by atoms with van der Waals surface area (Å²) >= 11 is 0. The lowest BCUT2D eigenvalue weighted by Crippen LogP contribution is -2.24. The van der Waals surface area contributed by atoms with Crippen molar-refractivity contribution in [3.8, 4) is 5.75 Å². The number of amides is 1. The van der Waals surface area contributed by atoms with Gasteiger partial charge in [0.2, 0.25) is 0 Å². The van der Waals surface area contributed by atoms with Crippen LogP contribution >= 0.6 is 0 Å². The highest BCUT2D eigenvalue weighted by Gasteiger charge is 2.12. The van der Waals surface area contributed by atoms with E-state index in [1.165, 1.54) is 0 Å². The van der Waals surface area contributed by atoms with E-state index in [1.54, 1.807) is 13.3 Å². The van der Waals surface area contributed by atoms with E-state index in [0.29, 0.717) is 17.9 Å². The van der Waals surface area contributed by atoms with Crippen molar-refractivity contribution in [2.75, 3.05) is 7.11 Å². The maximum atomic E-state index is 12.2. The summed E-state index contributed by atoms with van der Waals surface area (Å²) in [5.41, 5.74) is 2.49. The molecule has 4 heteroatoms. The Labute approximate surface area is 118 Å². The minimum absolute atomic E-state index is 0.150. The van der Waals surface area contributed by atoms with Crippen molar-refractivity contribution >= 4 is 5.91 Å². The minimum atomic E-state index is -0.150. The zero-order valence-corrected chi connectivity index (χ0v) is 11.7. The zero-order valence-electron chi connectivity index (χ0n) is 11.7. The van der Waals surface area contributed by atoms with Gasteiger partial charge in [0.1, 0.15) is 5.75 Å². The third-order valence-corrected chi connectivity index (χ3v) is 3.07. The summed E-state index contributed by atoms with van der Waals surface area (Å²) < 4.78 is 5.24. The molecule has 0 aliphatic carbocycles. The quantitative estimate of drug-likeness (QED) is 0.908. The Morgan fingerprint density at radius 1 is 1.30 bits per heavy atom. The Bertz CT molecular complexity index is 582. The van der Waals surface area contributed by atoms with Crippen molar-refractivity contribution in [1.82, 2.24) is 10.3 Å². The number of benzene rings is 1. The molecule has 1 aromatic heterocycles. The number of carbonyl (C=O) groups is 1. The van der Waals surface area contributed by atoms with Gasteiger partial charge in [-0.25, -0.2) is 0 Å². The lowest BCUT2D eigenvalue weighted by molar-refractivity contribution is 0.0947. The van der Waals surface area contributed by atoms with E-state index in [2.05, 4.69) is 17.2 Å². The average Bonchev–Trinajstić information content (AvgIpc) is 2.52. The highest BCUT2D eigenvalue weighted by molar-refractivity contribution is 5.97. The van der Waals surface area contributed by atoms with Crippen LogP contribution in [0.1, 0.15) is 28.5 Å². The first-order valence-corrected chi connectivity index (χ1v) is 6.59. The molecule has 0 aliphatic rings. The summed E-state index contributed by atoms with van der Waals surface area (Å²) in [6.45, 7) is 2.45. The van der Waals surface area contributed by atoms with E-state index >= 15 is 0 Å². The average molecular weight is 270 g/mol. The summed E-state index contributed by atoms with van der Waals surface area (Å²) in [5, 5.41) is 2.86. The number of ether oxygens (including phenoxy) is 1. The highest BCUT2D eigenvalue weighted by atomic mass is 16.5. The molecule has 1 aromatic carbocycles. The topological polar surface area (TPSA) is 51.2 Å². The fraction of sp³-hybridized carbons (Fsp3) is 0.250. The monoisotopic (exact) mass is 270 g/mol. The molecule has 4 nitrogen and oxygen atoms in total. The molecule has 0 bridgehead atoms. The predicted octanol–water partition coefficient (Wildman–Crippen LogP) is 2.58. The Morgan fingerprint density at radius 2 is 2.15 bits per heavy atom. The number of pyridine rings is 1. The van der Waals surface area contributed by atoms with Crippen molar-refractivity contribution < 1.29 is 9.53 Å². The van der Waals surface area contributed by atoms with Gasteiger partial charge in [0.15, 0.2) is 0 Å². The van der Waals surface area contributed by atoms with E-state index in [9.17, 15) is 4.79 Å². The van der Waals surface area contributed by atoms with Gasteiger partial charge in [-0.05, 0) is 36.2 Å². The summed E-state index contributed by atoms with van der Waals surface area (Å²) in [5.74, 6) is 0.434. The molecule has 0 saturated carbocycles. The van der Waals surface area contributed by atoms with Crippen LogP contribution in [-0.2, 0) is 13.0 Å². The van der Waals surface area contributed by atoms with E-state index in [4.69, 9.17) is 4.74 Å². The predicted molar refractivity (Wildman–Crippen MR) is 77.8 cm³/mol. The summed E-state index contributed by atoms with van der Waals surface area (Å²) in [7, 11) is 1.57. The van der Waals surface area contributed by atoms with Crippen molar-refractivity contribution in [1.29, 1.82) is 0 Å². The van der Waals surface area contributed by atoms with Crippen LogP contribution in [0.5, 0.6) is 5.75 Å². The molecule has 0 fully saturated rings. The maximum Gasteiger partial charge on any atom is 0.255 e. The molecule has 0 saturated heterocycles. The van der Waals surface area contributed by atoms with Crippen LogP contribution < -0.4 is 10.1 Å². The van der Waals surface area contributed by atoms with Crippen LogP contribution in [0.2, 0.25) is 0 Å². The van der Waals surface area contributed by atoms with Crippen LogP contribution in [0.15, 0.2) is 42.6 Å². The summed E-state index contributed by atoms with van der Waals surface area (Å²) in [6.07, 6.45) is 2.59. The second-order valence-corrected chi connectivity index (χ2v) is 4.39. The Kier molecular flexibility index (Phi) is 4.71. The lowest BCUT2D eigenvalue weighted by atomic mass is 10.1. The van der Waals surface area contributed by atoms with Crippen LogP contribution in [0.4, 0.5) is 0 Å². The number of hydrogen-bond acceptors (Lipinski definition) is 3. The third-order valence-electron chi connectivity index (χ3n) is 3.07. The van der Waals surface area contributed by atoms with Crippen molar-refractivity contribution in [2.45, 2.75) is 19.9 Å². The molecule has 0 aliphatic heterocycles. The second kappa shape index (κ2) is 6.70. The molecule has 0 radical (unpaired) electrons. The molecule has 1 heterocycles. The largest absolute Gasteiger partial charge is 0.496 e. The number of hydrogen-bond donors (Lipinski definition) is 1. The first-order valence-electron chi connectivity index (χ1n) is 6.59. The minimum Gasteiger partial charge on any atom is -0.496 e. The first-order chi connectivity index (χ1) is 9.74. The highest BCUT2D eigenvalue weighted by Crippen LogP contribution is 2.20. The molecule has 1 N–H and O–H groups in total. The normalized spacial score (nSPS) is 10.1. The number of rotatable bonds is 5. The van der Waals surface area contributed by atoms with Crippen molar-refractivity contribution in [3.63, 3.8) is 0 Å². The SMILES string of the molecule is CCc1ccc(OC)c(C(=O)NCc2ccccn2)c1. The van der Waals surface area contributed by atoms with Crippen LogP contribution in [0.3, 0.4) is 0 Å². The Balaban J connectivity index is 2.12. The fourth-order valence-electron chi connectivity index (χ4n) is 1.92. The van der Waals surface area contributed by atoms with Crippen LogP contribution in [0.25, 0.3) is 0 Å². The lowest BCUT2D eigenvalue weighted by Gasteiger charge is -2.10. The van der Waals surface area contributed by atoms with Crippen LogP contribution in [0, 0.1) is 0 Å². The van der Waals surface area contributed by atoms with Gasteiger partial charge < -0.3 is 10.1 Å². The number of aromatic nitrogens is 1. The van der Waals surface area contributed by atoms with Gasteiger partial charge in [-0.2, -0.15) is 0 Å². The summed E-state index contributed by atoms with van der Waals surface area (Å²) in [6, 6.07) is 11.3. The molecule has 0 atom stereocenters. The Morgan fingerprint density at radius 3 is 2.80 bits per heavy atom. The smallest absolute Gasteiger partial charge is 0.255 e. The van der Waals surface area contributed by atoms with E-state index in [-0.39, 0.29) is 5.91 Å². The number of nitrogens with one attached hydrogen (secondary N) is 1. The number of methoxy groups -OCH3 is 1. The number of nitrogens with zero attached hydrogens (tertiary/aromatic N) is 1. The van der Waals surface area contributed by atoms with Gasteiger partial charge in [-0.1, -0.05) is 19.1 Å². The molecule has 2 aromatic rings. The molecule has 0 unspecified atom stereocenters. The van der Waals surface area contributed by atoms with Gasteiger partial charge in [-0.3, -0.25) is 9.78 Å². The first kappa shape index (κ1) is 14.1. The van der Waals surface area contributed by atoms with Gasteiger partial charge >= 0.3 is 0 Å². The van der Waals surface area contributed by atoms with E-state index in [0.717, 1.165) is 17.7 Å². The van der Waals surface area contributed by atoms with E-state index < -0.39 is 0 Å². The van der Waals surface area contributed by atoms with Crippen molar-refractivity contribution in [3.05, 3.63) is 59.4 Å². The standard InChI is InChI=1S/C16H18N2O2/c1-3-12-7-8-15(20-2)14(10-12)16(19)18-11-13-6-4-5-9-17-13/h4-10H,3,11H2,1-2H3,(H,18,19). The molecular weight excluding hydrogens is 252 g/mol. The van der Waals surface area contributed by atoms with Gasteiger partial charge in [0.05, 0.1) is 24.9 Å². The molecule has 20 heavy (non-hydrogen) atoms.